The van der Waals surface area contributed by atoms with Crippen molar-refractivity contribution < 1.29 is 4.79 Å². The van der Waals surface area contributed by atoms with Gasteiger partial charge in [0.15, 0.2) is 10.8 Å². The standard InChI is InChI=1S/C22H21N5O2S/c1-13-8-14(2)10-16(9-13)24-19(28)12-30-22-25-20-17(21(29)26-22)11-23-27(20)18-7-5-4-6-15(18)3/h4-11H,12H2,1-3H3,(H,24,28)(H,25,26,29). The van der Waals surface area contributed by atoms with Gasteiger partial charge < -0.3 is 10.3 Å². The summed E-state index contributed by atoms with van der Waals surface area (Å²) >= 11 is 1.18. The molecule has 8 heteroatoms. The fourth-order valence-electron chi connectivity index (χ4n) is 3.32. The maximum atomic E-state index is 12.5. The van der Waals surface area contributed by atoms with Crippen molar-refractivity contribution >= 4 is 34.4 Å². The predicted octanol–water partition coefficient (Wildman–Crippen LogP) is 3.76. The SMILES string of the molecule is Cc1cc(C)cc(NC(=O)CSc2nc3c(cnn3-c3ccccc3C)c(=O)[nH]2)c1. The first-order valence-corrected chi connectivity index (χ1v) is 10.4. The van der Waals surface area contributed by atoms with Crippen LogP contribution < -0.4 is 10.9 Å². The minimum atomic E-state index is -0.281. The number of thioether (sulfide) groups is 1. The molecule has 1 amide bonds. The van der Waals surface area contributed by atoms with Crippen LogP contribution in [0.25, 0.3) is 16.7 Å². The summed E-state index contributed by atoms with van der Waals surface area (Å²) in [6, 6.07) is 13.6. The Morgan fingerprint density at radius 2 is 1.87 bits per heavy atom. The average molecular weight is 420 g/mol. The molecule has 4 rings (SSSR count). The molecule has 152 valence electrons. The summed E-state index contributed by atoms with van der Waals surface area (Å²) in [7, 11) is 0. The molecule has 0 fully saturated rings. The molecule has 2 heterocycles. The third kappa shape index (κ3) is 4.13. The van der Waals surface area contributed by atoms with E-state index in [4.69, 9.17) is 0 Å². The topological polar surface area (TPSA) is 92.7 Å². The van der Waals surface area contributed by atoms with Crippen molar-refractivity contribution in [2.24, 2.45) is 0 Å². The van der Waals surface area contributed by atoms with Crippen molar-refractivity contribution in [2.75, 3.05) is 11.1 Å². The quantitative estimate of drug-likeness (QED) is 0.379. The van der Waals surface area contributed by atoms with E-state index in [1.807, 2.05) is 63.2 Å². The number of nitrogens with one attached hydrogen (secondary N) is 2. The Labute approximate surface area is 177 Å². The summed E-state index contributed by atoms with van der Waals surface area (Å²) < 4.78 is 1.65. The van der Waals surface area contributed by atoms with Gasteiger partial charge in [-0.25, -0.2) is 9.67 Å². The lowest BCUT2D eigenvalue weighted by Crippen LogP contribution is -2.16. The van der Waals surface area contributed by atoms with Gasteiger partial charge >= 0.3 is 0 Å². The molecule has 2 N–H and O–H groups in total. The van der Waals surface area contributed by atoms with Crippen LogP contribution in [-0.4, -0.2) is 31.4 Å². The van der Waals surface area contributed by atoms with Crippen molar-refractivity contribution in [2.45, 2.75) is 25.9 Å². The second-order valence-corrected chi connectivity index (χ2v) is 8.13. The van der Waals surface area contributed by atoms with Crippen LogP contribution in [0.3, 0.4) is 0 Å². The molecule has 0 bridgehead atoms. The minimum Gasteiger partial charge on any atom is -0.325 e. The lowest BCUT2D eigenvalue weighted by Gasteiger charge is -2.08. The smallest absolute Gasteiger partial charge is 0.262 e. The van der Waals surface area contributed by atoms with Crippen LogP contribution in [-0.2, 0) is 4.79 Å². The minimum absolute atomic E-state index is 0.125. The van der Waals surface area contributed by atoms with Gasteiger partial charge in [0.2, 0.25) is 5.91 Å². The second-order valence-electron chi connectivity index (χ2n) is 7.16. The van der Waals surface area contributed by atoms with Crippen molar-refractivity contribution in [3.8, 4) is 5.69 Å². The van der Waals surface area contributed by atoms with E-state index in [0.717, 1.165) is 28.1 Å². The monoisotopic (exact) mass is 419 g/mol. The van der Waals surface area contributed by atoms with Crippen LogP contribution in [0.2, 0.25) is 0 Å². The first-order chi connectivity index (χ1) is 14.4. The van der Waals surface area contributed by atoms with E-state index in [2.05, 4.69) is 20.4 Å². The van der Waals surface area contributed by atoms with E-state index >= 15 is 0 Å². The molecule has 0 spiro atoms. The number of hydrogen-bond donors (Lipinski definition) is 2. The molecule has 0 saturated heterocycles. The van der Waals surface area contributed by atoms with E-state index < -0.39 is 0 Å². The molecule has 2 aromatic heterocycles. The number of H-pyrrole nitrogens is 1. The van der Waals surface area contributed by atoms with Crippen LogP contribution in [0, 0.1) is 20.8 Å². The molecule has 2 aromatic carbocycles. The van der Waals surface area contributed by atoms with Crippen LogP contribution in [0.1, 0.15) is 16.7 Å². The number of aromatic amines is 1. The predicted molar refractivity (Wildman–Crippen MR) is 119 cm³/mol. The van der Waals surface area contributed by atoms with Crippen molar-refractivity contribution in [1.82, 2.24) is 19.7 Å². The Balaban J connectivity index is 1.56. The Kier molecular flexibility index (Phi) is 5.41. The maximum Gasteiger partial charge on any atom is 0.262 e. The average Bonchev–Trinajstić information content (AvgIpc) is 3.10. The molecule has 0 atom stereocenters. The number of nitrogens with zero attached hydrogens (tertiary/aromatic N) is 3. The molecular formula is C22H21N5O2S. The number of para-hydroxylation sites is 1. The number of rotatable bonds is 5. The number of amides is 1. The molecule has 0 radical (unpaired) electrons. The van der Waals surface area contributed by atoms with Gasteiger partial charge in [-0.2, -0.15) is 5.10 Å². The van der Waals surface area contributed by atoms with Gasteiger partial charge in [-0.1, -0.05) is 36.0 Å². The lowest BCUT2D eigenvalue weighted by atomic mass is 10.1. The third-order valence-corrected chi connectivity index (χ3v) is 5.48. The molecule has 0 aliphatic heterocycles. The molecule has 0 saturated carbocycles. The first-order valence-electron chi connectivity index (χ1n) is 9.46. The van der Waals surface area contributed by atoms with Gasteiger partial charge in [0, 0.05) is 5.69 Å². The van der Waals surface area contributed by atoms with Crippen LogP contribution in [0.15, 0.2) is 58.6 Å². The Morgan fingerprint density at radius 3 is 2.60 bits per heavy atom. The number of carbonyl (C=O) groups excluding carboxylic acids is 1. The lowest BCUT2D eigenvalue weighted by molar-refractivity contribution is -0.113. The summed E-state index contributed by atoms with van der Waals surface area (Å²) in [5.74, 6) is -0.0416. The van der Waals surface area contributed by atoms with Gasteiger partial charge in [0.1, 0.15) is 5.39 Å². The molecule has 4 aromatic rings. The van der Waals surface area contributed by atoms with Gasteiger partial charge in [-0.05, 0) is 55.7 Å². The summed E-state index contributed by atoms with van der Waals surface area (Å²) in [6.07, 6.45) is 1.51. The Morgan fingerprint density at radius 1 is 1.13 bits per heavy atom. The summed E-state index contributed by atoms with van der Waals surface area (Å²) in [5, 5.41) is 8.01. The van der Waals surface area contributed by atoms with Gasteiger partial charge in [-0.15, -0.1) is 0 Å². The van der Waals surface area contributed by atoms with Gasteiger partial charge in [-0.3, -0.25) is 9.59 Å². The van der Waals surface area contributed by atoms with Crippen LogP contribution in [0.4, 0.5) is 5.69 Å². The molecule has 7 nitrogen and oxygen atoms in total. The fourth-order valence-corrected chi connectivity index (χ4v) is 3.98. The zero-order valence-corrected chi connectivity index (χ0v) is 17.7. The number of fused-ring (bicyclic) bond motifs is 1. The van der Waals surface area contributed by atoms with Crippen molar-refractivity contribution in [3.05, 3.63) is 75.7 Å². The summed E-state index contributed by atoms with van der Waals surface area (Å²) in [5.41, 5.74) is 4.98. The van der Waals surface area contributed by atoms with Gasteiger partial charge in [0.05, 0.1) is 17.6 Å². The third-order valence-electron chi connectivity index (χ3n) is 4.61. The molecule has 0 aliphatic rings. The largest absolute Gasteiger partial charge is 0.325 e. The van der Waals surface area contributed by atoms with Crippen molar-refractivity contribution in [1.29, 1.82) is 0 Å². The number of aromatic nitrogens is 4. The van der Waals surface area contributed by atoms with Gasteiger partial charge in [0.25, 0.3) is 5.56 Å². The van der Waals surface area contributed by atoms with E-state index in [-0.39, 0.29) is 17.2 Å². The highest BCUT2D eigenvalue weighted by molar-refractivity contribution is 7.99. The van der Waals surface area contributed by atoms with E-state index in [1.165, 1.54) is 18.0 Å². The number of carbonyl (C=O) groups is 1. The number of hydrogen-bond acceptors (Lipinski definition) is 5. The summed E-state index contributed by atoms with van der Waals surface area (Å²) in [4.78, 5) is 32.1. The first kappa shape index (κ1) is 19.9. The highest BCUT2D eigenvalue weighted by atomic mass is 32.2. The normalized spacial score (nSPS) is 11.0. The maximum absolute atomic E-state index is 12.5. The number of benzene rings is 2. The number of aryl methyl sites for hydroxylation is 3. The number of anilines is 1. The highest BCUT2D eigenvalue weighted by Crippen LogP contribution is 2.20. The van der Waals surface area contributed by atoms with E-state index in [1.54, 1.807) is 4.68 Å². The molecule has 30 heavy (non-hydrogen) atoms. The Hall–Kier alpha value is -3.39. The van der Waals surface area contributed by atoms with Crippen LogP contribution >= 0.6 is 11.8 Å². The fraction of sp³-hybridized carbons (Fsp3) is 0.182. The van der Waals surface area contributed by atoms with E-state index in [9.17, 15) is 9.59 Å². The Bertz CT molecular complexity index is 1290. The van der Waals surface area contributed by atoms with E-state index in [0.29, 0.717) is 16.2 Å². The molecule has 0 aliphatic carbocycles. The molecular weight excluding hydrogens is 398 g/mol. The second kappa shape index (κ2) is 8.16. The zero-order chi connectivity index (χ0) is 21.3. The summed E-state index contributed by atoms with van der Waals surface area (Å²) in [6.45, 7) is 5.95. The van der Waals surface area contributed by atoms with Crippen molar-refractivity contribution in [3.63, 3.8) is 0 Å². The molecule has 0 unspecified atom stereocenters. The van der Waals surface area contributed by atoms with Crippen LogP contribution in [0.5, 0.6) is 0 Å². The highest BCUT2D eigenvalue weighted by Gasteiger charge is 2.14. The zero-order valence-electron chi connectivity index (χ0n) is 16.9.